The van der Waals surface area contributed by atoms with Crippen LogP contribution in [0.4, 0.5) is 5.69 Å². The van der Waals surface area contributed by atoms with Crippen LogP contribution in [0.25, 0.3) is 0 Å². The van der Waals surface area contributed by atoms with Crippen molar-refractivity contribution in [2.24, 2.45) is 0 Å². The molecule has 0 radical (unpaired) electrons. The van der Waals surface area contributed by atoms with E-state index >= 15 is 0 Å². The number of nitrogens with one attached hydrogen (secondary N) is 1. The first-order valence-electron chi connectivity index (χ1n) is 7.04. The Kier molecular flexibility index (Phi) is 5.69. The van der Waals surface area contributed by atoms with Crippen molar-refractivity contribution in [3.8, 4) is 5.75 Å². The molecule has 2 rings (SSSR count). The maximum absolute atomic E-state index is 10.3. The van der Waals surface area contributed by atoms with Gasteiger partial charge in [-0.25, -0.2) is 0 Å². The molecule has 0 bridgehead atoms. The van der Waals surface area contributed by atoms with Crippen molar-refractivity contribution in [2.75, 3.05) is 31.6 Å². The molecule has 4 heteroatoms. The molecule has 1 aliphatic rings. The highest BCUT2D eigenvalue weighted by Crippen LogP contribution is 2.15. The summed E-state index contributed by atoms with van der Waals surface area (Å²) < 4.78 is 5.72. The molecule has 19 heavy (non-hydrogen) atoms. The summed E-state index contributed by atoms with van der Waals surface area (Å²) in [6, 6.07) is 7.45. The molecule has 1 aromatic carbocycles. The number of hydrogen-bond acceptors (Lipinski definition) is 3. The van der Waals surface area contributed by atoms with Gasteiger partial charge in [0.2, 0.25) is 6.41 Å². The summed E-state index contributed by atoms with van der Waals surface area (Å²) in [4.78, 5) is 12.8. The van der Waals surface area contributed by atoms with E-state index in [1.165, 1.54) is 38.8 Å². The summed E-state index contributed by atoms with van der Waals surface area (Å²) in [7, 11) is 0. The van der Waals surface area contributed by atoms with E-state index in [1.54, 1.807) is 0 Å². The first-order valence-corrected chi connectivity index (χ1v) is 7.04. The number of amides is 1. The topological polar surface area (TPSA) is 41.6 Å². The Balaban J connectivity index is 1.70. The molecule has 0 spiro atoms. The Morgan fingerprint density at radius 2 is 1.79 bits per heavy atom. The summed E-state index contributed by atoms with van der Waals surface area (Å²) in [5.41, 5.74) is 0.787. The van der Waals surface area contributed by atoms with E-state index in [1.807, 2.05) is 24.3 Å². The van der Waals surface area contributed by atoms with Gasteiger partial charge in [-0.2, -0.15) is 0 Å². The predicted octanol–water partition coefficient (Wildman–Crippen LogP) is 2.51. The number of nitrogens with zero attached hydrogens (tertiary/aromatic N) is 1. The van der Waals surface area contributed by atoms with E-state index in [0.717, 1.165) is 24.6 Å². The highest BCUT2D eigenvalue weighted by molar-refractivity contribution is 5.71. The second kappa shape index (κ2) is 7.79. The number of rotatable bonds is 6. The molecule has 1 N–H and O–H groups in total. The maximum Gasteiger partial charge on any atom is 0.211 e. The second-order valence-electron chi connectivity index (χ2n) is 4.89. The van der Waals surface area contributed by atoms with Gasteiger partial charge in [0.15, 0.2) is 0 Å². The molecule has 0 unspecified atom stereocenters. The predicted molar refractivity (Wildman–Crippen MR) is 76.5 cm³/mol. The SMILES string of the molecule is O=CNc1ccc(OCCN2CCCCCC2)cc1. The Hall–Kier alpha value is -1.55. The molecule has 0 aliphatic carbocycles. The van der Waals surface area contributed by atoms with E-state index in [2.05, 4.69) is 10.2 Å². The maximum atomic E-state index is 10.3. The van der Waals surface area contributed by atoms with E-state index in [9.17, 15) is 4.79 Å². The first kappa shape index (κ1) is 13.9. The van der Waals surface area contributed by atoms with Crippen LogP contribution >= 0.6 is 0 Å². The van der Waals surface area contributed by atoms with Gasteiger partial charge < -0.3 is 10.1 Å². The third-order valence-corrected chi connectivity index (χ3v) is 3.45. The molecule has 1 heterocycles. The average Bonchev–Trinajstić information content (AvgIpc) is 2.70. The van der Waals surface area contributed by atoms with Gasteiger partial charge in [0, 0.05) is 12.2 Å². The minimum Gasteiger partial charge on any atom is -0.492 e. The lowest BCUT2D eigenvalue weighted by atomic mass is 10.2. The van der Waals surface area contributed by atoms with Gasteiger partial charge in [-0.1, -0.05) is 12.8 Å². The van der Waals surface area contributed by atoms with Gasteiger partial charge in [0.1, 0.15) is 12.4 Å². The zero-order valence-electron chi connectivity index (χ0n) is 11.3. The molecular formula is C15H22N2O2. The summed E-state index contributed by atoms with van der Waals surface area (Å²) >= 11 is 0. The van der Waals surface area contributed by atoms with Crippen molar-refractivity contribution < 1.29 is 9.53 Å². The molecule has 4 nitrogen and oxygen atoms in total. The normalized spacial score (nSPS) is 16.6. The highest BCUT2D eigenvalue weighted by atomic mass is 16.5. The number of hydrogen-bond donors (Lipinski definition) is 1. The smallest absolute Gasteiger partial charge is 0.211 e. The molecule has 0 atom stereocenters. The fourth-order valence-corrected chi connectivity index (χ4v) is 2.37. The minimum atomic E-state index is 0.676. The van der Waals surface area contributed by atoms with Gasteiger partial charge >= 0.3 is 0 Å². The number of likely N-dealkylation sites (tertiary alicyclic amines) is 1. The van der Waals surface area contributed by atoms with Crippen molar-refractivity contribution in [1.82, 2.24) is 4.90 Å². The lowest BCUT2D eigenvalue weighted by molar-refractivity contribution is -0.105. The largest absolute Gasteiger partial charge is 0.492 e. The fraction of sp³-hybridized carbons (Fsp3) is 0.533. The third-order valence-electron chi connectivity index (χ3n) is 3.45. The van der Waals surface area contributed by atoms with Crippen LogP contribution in [0.3, 0.4) is 0 Å². The second-order valence-corrected chi connectivity index (χ2v) is 4.89. The zero-order valence-corrected chi connectivity index (χ0v) is 11.3. The molecule has 1 aliphatic heterocycles. The molecule has 1 fully saturated rings. The summed E-state index contributed by atoms with van der Waals surface area (Å²) in [6.07, 6.45) is 6.03. The summed E-state index contributed by atoms with van der Waals surface area (Å²) in [5, 5.41) is 2.61. The van der Waals surface area contributed by atoms with E-state index < -0.39 is 0 Å². The van der Waals surface area contributed by atoms with Crippen LogP contribution in [0, 0.1) is 0 Å². The van der Waals surface area contributed by atoms with Crippen LogP contribution < -0.4 is 10.1 Å². The molecule has 1 saturated heterocycles. The highest BCUT2D eigenvalue weighted by Gasteiger charge is 2.08. The van der Waals surface area contributed by atoms with Gasteiger partial charge in [-0.05, 0) is 50.2 Å². The lowest BCUT2D eigenvalue weighted by Gasteiger charge is -2.19. The average molecular weight is 262 g/mol. The molecule has 0 saturated carbocycles. The Morgan fingerprint density at radius 3 is 2.42 bits per heavy atom. The van der Waals surface area contributed by atoms with Gasteiger partial charge in [-0.3, -0.25) is 9.69 Å². The third kappa shape index (κ3) is 4.91. The number of benzene rings is 1. The van der Waals surface area contributed by atoms with Crippen LogP contribution in [0.5, 0.6) is 5.75 Å². The van der Waals surface area contributed by atoms with Gasteiger partial charge in [0.25, 0.3) is 0 Å². The lowest BCUT2D eigenvalue weighted by Crippen LogP contribution is -2.29. The number of carbonyl (C=O) groups excluding carboxylic acids is 1. The number of carbonyl (C=O) groups is 1. The molecule has 1 aromatic rings. The van der Waals surface area contributed by atoms with Crippen molar-refractivity contribution in [3.05, 3.63) is 24.3 Å². The standard InChI is InChI=1S/C15H22N2O2/c18-13-16-14-5-7-15(8-6-14)19-12-11-17-9-3-1-2-4-10-17/h5-8,13H,1-4,9-12H2,(H,16,18). The minimum absolute atomic E-state index is 0.676. The number of ether oxygens (including phenoxy) is 1. The monoisotopic (exact) mass is 262 g/mol. The van der Waals surface area contributed by atoms with Crippen LogP contribution in [0.15, 0.2) is 24.3 Å². The fourth-order valence-electron chi connectivity index (χ4n) is 2.37. The van der Waals surface area contributed by atoms with Crippen molar-refractivity contribution in [3.63, 3.8) is 0 Å². The van der Waals surface area contributed by atoms with Crippen LogP contribution in [0.1, 0.15) is 25.7 Å². The van der Waals surface area contributed by atoms with E-state index in [4.69, 9.17) is 4.74 Å². The van der Waals surface area contributed by atoms with Crippen molar-refractivity contribution >= 4 is 12.1 Å². The quantitative estimate of drug-likeness (QED) is 0.801. The van der Waals surface area contributed by atoms with Crippen molar-refractivity contribution in [2.45, 2.75) is 25.7 Å². The molecule has 0 aromatic heterocycles. The number of anilines is 1. The van der Waals surface area contributed by atoms with Crippen LogP contribution in [-0.4, -0.2) is 37.6 Å². The Labute approximate surface area is 114 Å². The molecular weight excluding hydrogens is 240 g/mol. The first-order chi connectivity index (χ1) is 9.38. The Bertz CT molecular complexity index is 370. The van der Waals surface area contributed by atoms with E-state index in [0.29, 0.717) is 6.41 Å². The molecule has 1 amide bonds. The molecule has 104 valence electrons. The Morgan fingerprint density at radius 1 is 1.11 bits per heavy atom. The zero-order chi connectivity index (χ0) is 13.3. The van der Waals surface area contributed by atoms with Crippen LogP contribution in [0.2, 0.25) is 0 Å². The van der Waals surface area contributed by atoms with Gasteiger partial charge in [0.05, 0.1) is 0 Å². The van der Waals surface area contributed by atoms with E-state index in [-0.39, 0.29) is 0 Å². The summed E-state index contributed by atoms with van der Waals surface area (Å²) in [6.45, 7) is 4.12. The van der Waals surface area contributed by atoms with Crippen LogP contribution in [-0.2, 0) is 4.79 Å². The summed E-state index contributed by atoms with van der Waals surface area (Å²) in [5.74, 6) is 0.853. The van der Waals surface area contributed by atoms with Gasteiger partial charge in [-0.15, -0.1) is 0 Å². The van der Waals surface area contributed by atoms with Crippen molar-refractivity contribution in [1.29, 1.82) is 0 Å².